The second-order valence-electron chi connectivity index (χ2n) is 5.62. The fourth-order valence-corrected chi connectivity index (χ4v) is 3.61. The molecule has 110 valence electrons. The molecule has 1 aliphatic heterocycles. The highest BCUT2D eigenvalue weighted by Gasteiger charge is 2.56. The lowest BCUT2D eigenvalue weighted by atomic mass is 9.58. The van der Waals surface area contributed by atoms with Crippen molar-refractivity contribution in [2.45, 2.75) is 38.4 Å². The molecule has 0 unspecified atom stereocenters. The van der Waals surface area contributed by atoms with Crippen LogP contribution in [0.5, 0.6) is 0 Å². The molecule has 20 heavy (non-hydrogen) atoms. The number of hydrogen-bond acceptors (Lipinski definition) is 5. The van der Waals surface area contributed by atoms with Crippen LogP contribution in [-0.2, 0) is 4.74 Å². The summed E-state index contributed by atoms with van der Waals surface area (Å²) >= 11 is 3.35. The summed E-state index contributed by atoms with van der Waals surface area (Å²) in [6.07, 6.45) is 6.21. The third kappa shape index (κ3) is 2.34. The van der Waals surface area contributed by atoms with Gasteiger partial charge in [-0.25, -0.2) is 9.97 Å². The van der Waals surface area contributed by atoms with E-state index in [1.807, 2.05) is 6.92 Å². The van der Waals surface area contributed by atoms with Crippen molar-refractivity contribution in [3.8, 4) is 0 Å². The standard InChI is InChI=1S/C14H20BrN3O2/c1-2-20-12-7-11(19)14(12)3-5-18(6-4-14)13-16-8-10(15)9-17-13/h8-9,11-12,19H,2-7H2,1H3/t11-,12+/m1/s1. The second-order valence-corrected chi connectivity index (χ2v) is 6.53. The third-order valence-corrected chi connectivity index (χ3v) is 5.10. The molecule has 1 aromatic rings. The van der Waals surface area contributed by atoms with Crippen LogP contribution in [0.3, 0.4) is 0 Å². The fraction of sp³-hybridized carbons (Fsp3) is 0.714. The molecule has 1 aliphatic carbocycles. The highest BCUT2D eigenvalue weighted by Crippen LogP contribution is 2.51. The predicted octanol–water partition coefficient (Wildman–Crippen LogP) is 2.00. The third-order valence-electron chi connectivity index (χ3n) is 4.69. The number of aliphatic hydroxyl groups excluding tert-OH is 1. The Morgan fingerprint density at radius 2 is 2.05 bits per heavy atom. The van der Waals surface area contributed by atoms with Crippen molar-refractivity contribution in [1.82, 2.24) is 9.97 Å². The largest absolute Gasteiger partial charge is 0.392 e. The summed E-state index contributed by atoms with van der Waals surface area (Å²) < 4.78 is 6.67. The van der Waals surface area contributed by atoms with Gasteiger partial charge in [0.05, 0.1) is 16.7 Å². The summed E-state index contributed by atoms with van der Waals surface area (Å²) in [7, 11) is 0. The van der Waals surface area contributed by atoms with E-state index < -0.39 is 0 Å². The summed E-state index contributed by atoms with van der Waals surface area (Å²) in [6.45, 7) is 4.49. The molecular weight excluding hydrogens is 322 g/mol. The maximum absolute atomic E-state index is 10.2. The SMILES string of the molecule is CCO[C@H]1C[C@@H](O)C12CCN(c1ncc(Br)cn1)CC2. The van der Waals surface area contributed by atoms with Gasteiger partial charge in [0.1, 0.15) is 0 Å². The van der Waals surface area contributed by atoms with E-state index in [0.717, 1.165) is 49.4 Å². The zero-order valence-corrected chi connectivity index (χ0v) is 13.2. The molecule has 0 radical (unpaired) electrons. The van der Waals surface area contributed by atoms with E-state index >= 15 is 0 Å². The minimum absolute atomic E-state index is 0.0398. The first-order valence-corrected chi connectivity index (χ1v) is 7.97. The molecule has 1 N–H and O–H groups in total. The van der Waals surface area contributed by atoms with Crippen molar-refractivity contribution < 1.29 is 9.84 Å². The number of hydrogen-bond donors (Lipinski definition) is 1. The van der Waals surface area contributed by atoms with E-state index in [-0.39, 0.29) is 17.6 Å². The van der Waals surface area contributed by atoms with Crippen molar-refractivity contribution in [1.29, 1.82) is 0 Å². The van der Waals surface area contributed by atoms with Crippen LogP contribution in [0.25, 0.3) is 0 Å². The Labute approximate surface area is 127 Å². The summed E-state index contributed by atoms with van der Waals surface area (Å²) in [4.78, 5) is 10.9. The average molecular weight is 342 g/mol. The van der Waals surface area contributed by atoms with Crippen LogP contribution < -0.4 is 4.90 Å². The first kappa shape index (κ1) is 14.2. The number of aliphatic hydroxyl groups is 1. The Bertz CT molecular complexity index is 458. The number of aromatic nitrogens is 2. The molecule has 2 fully saturated rings. The lowest BCUT2D eigenvalue weighted by Gasteiger charge is -2.56. The van der Waals surface area contributed by atoms with Crippen LogP contribution >= 0.6 is 15.9 Å². The van der Waals surface area contributed by atoms with Crippen molar-refractivity contribution in [2.75, 3.05) is 24.6 Å². The molecule has 6 heteroatoms. The van der Waals surface area contributed by atoms with E-state index in [4.69, 9.17) is 4.74 Å². The van der Waals surface area contributed by atoms with Crippen LogP contribution in [0.15, 0.2) is 16.9 Å². The summed E-state index contributed by atoms with van der Waals surface area (Å²) in [5.74, 6) is 0.768. The van der Waals surface area contributed by atoms with Gasteiger partial charge in [-0.15, -0.1) is 0 Å². The molecule has 1 spiro atoms. The Kier molecular flexibility index (Phi) is 3.97. The quantitative estimate of drug-likeness (QED) is 0.911. The van der Waals surface area contributed by atoms with Gasteiger partial charge in [-0.05, 0) is 35.7 Å². The zero-order valence-electron chi connectivity index (χ0n) is 11.6. The van der Waals surface area contributed by atoms with Gasteiger partial charge in [0, 0.05) is 43.9 Å². The van der Waals surface area contributed by atoms with Crippen LogP contribution in [0.1, 0.15) is 26.2 Å². The molecule has 2 aliphatic rings. The lowest BCUT2D eigenvalue weighted by molar-refractivity contribution is -0.199. The molecule has 2 atom stereocenters. The fourth-order valence-electron chi connectivity index (χ4n) is 3.41. The Hall–Kier alpha value is -0.720. The highest BCUT2D eigenvalue weighted by atomic mass is 79.9. The van der Waals surface area contributed by atoms with E-state index in [0.29, 0.717) is 0 Å². The first-order valence-electron chi connectivity index (χ1n) is 7.18. The van der Waals surface area contributed by atoms with E-state index in [1.54, 1.807) is 12.4 Å². The molecule has 5 nitrogen and oxygen atoms in total. The van der Waals surface area contributed by atoms with Gasteiger partial charge < -0.3 is 14.7 Å². The van der Waals surface area contributed by atoms with Crippen LogP contribution in [0.2, 0.25) is 0 Å². The number of ether oxygens (including phenoxy) is 1. The van der Waals surface area contributed by atoms with Crippen molar-refractivity contribution in [3.63, 3.8) is 0 Å². The van der Waals surface area contributed by atoms with Crippen molar-refractivity contribution in [2.24, 2.45) is 5.41 Å². The number of halogens is 1. The number of piperidine rings is 1. The predicted molar refractivity (Wildman–Crippen MR) is 79.6 cm³/mol. The monoisotopic (exact) mass is 341 g/mol. The summed E-state index contributed by atoms with van der Waals surface area (Å²) in [5, 5.41) is 10.2. The van der Waals surface area contributed by atoms with Crippen LogP contribution in [-0.4, -0.2) is 47.0 Å². The minimum Gasteiger partial charge on any atom is -0.392 e. The molecule has 1 saturated carbocycles. The summed E-state index contributed by atoms with van der Waals surface area (Å²) in [6, 6.07) is 0. The molecule has 3 rings (SSSR count). The van der Waals surface area contributed by atoms with Gasteiger partial charge in [0.25, 0.3) is 0 Å². The first-order chi connectivity index (χ1) is 9.65. The van der Waals surface area contributed by atoms with Crippen LogP contribution in [0.4, 0.5) is 5.95 Å². The van der Waals surface area contributed by atoms with Gasteiger partial charge in [-0.3, -0.25) is 0 Å². The summed E-state index contributed by atoms with van der Waals surface area (Å²) in [5.41, 5.74) is -0.0398. The Morgan fingerprint density at radius 3 is 2.60 bits per heavy atom. The Morgan fingerprint density at radius 1 is 1.40 bits per heavy atom. The molecule has 2 heterocycles. The average Bonchev–Trinajstić information content (AvgIpc) is 2.48. The van der Waals surface area contributed by atoms with Crippen LogP contribution in [0, 0.1) is 5.41 Å². The molecule has 0 aromatic carbocycles. The number of nitrogens with zero attached hydrogens (tertiary/aromatic N) is 3. The molecule has 0 amide bonds. The number of anilines is 1. The van der Waals surface area contributed by atoms with Gasteiger partial charge in [0.2, 0.25) is 5.95 Å². The maximum Gasteiger partial charge on any atom is 0.225 e. The number of rotatable bonds is 3. The zero-order chi connectivity index (χ0) is 14.2. The van der Waals surface area contributed by atoms with Crippen molar-refractivity contribution >= 4 is 21.9 Å². The topological polar surface area (TPSA) is 58.5 Å². The van der Waals surface area contributed by atoms with Crippen molar-refractivity contribution in [3.05, 3.63) is 16.9 Å². The Balaban J connectivity index is 1.65. The molecule has 1 saturated heterocycles. The smallest absolute Gasteiger partial charge is 0.225 e. The second kappa shape index (κ2) is 5.58. The van der Waals surface area contributed by atoms with E-state index in [9.17, 15) is 5.11 Å². The van der Waals surface area contributed by atoms with Gasteiger partial charge in [-0.2, -0.15) is 0 Å². The van der Waals surface area contributed by atoms with Gasteiger partial charge in [0.15, 0.2) is 0 Å². The van der Waals surface area contributed by atoms with E-state index in [1.165, 1.54) is 0 Å². The lowest BCUT2D eigenvalue weighted by Crippen LogP contribution is -2.62. The van der Waals surface area contributed by atoms with Gasteiger partial charge in [-0.1, -0.05) is 0 Å². The molecular formula is C14H20BrN3O2. The van der Waals surface area contributed by atoms with E-state index in [2.05, 4.69) is 30.8 Å². The molecule has 1 aromatic heterocycles. The highest BCUT2D eigenvalue weighted by molar-refractivity contribution is 9.10. The minimum atomic E-state index is -0.216. The van der Waals surface area contributed by atoms with Gasteiger partial charge >= 0.3 is 0 Å². The maximum atomic E-state index is 10.2. The molecule has 0 bridgehead atoms. The normalized spacial score (nSPS) is 28.4.